The van der Waals surface area contributed by atoms with Gasteiger partial charge in [-0.15, -0.1) is 0 Å². The number of carbonyl (C=O) groups is 1. The smallest absolute Gasteiger partial charge is 0.256 e. The molecule has 1 aromatic carbocycles. The third-order valence-corrected chi connectivity index (χ3v) is 5.25. The lowest BCUT2D eigenvalue weighted by Crippen LogP contribution is -2.29. The van der Waals surface area contributed by atoms with Crippen LogP contribution in [0.3, 0.4) is 0 Å². The van der Waals surface area contributed by atoms with Crippen LogP contribution < -0.4 is 10.6 Å². The summed E-state index contributed by atoms with van der Waals surface area (Å²) in [7, 11) is 0. The minimum absolute atomic E-state index is 0.160. The van der Waals surface area contributed by atoms with E-state index in [1.165, 1.54) is 5.56 Å². The fourth-order valence-corrected chi connectivity index (χ4v) is 3.58. The zero-order valence-corrected chi connectivity index (χ0v) is 15.0. The second kappa shape index (κ2) is 7.60. The Labute approximate surface area is 153 Å². The molecule has 26 heavy (non-hydrogen) atoms. The van der Waals surface area contributed by atoms with Gasteiger partial charge < -0.3 is 19.9 Å². The van der Waals surface area contributed by atoms with Crippen molar-refractivity contribution in [3.8, 4) is 0 Å². The number of benzene rings is 1. The van der Waals surface area contributed by atoms with Gasteiger partial charge in [-0.1, -0.05) is 17.3 Å². The molecule has 1 amide bonds. The highest BCUT2D eigenvalue weighted by Crippen LogP contribution is 2.41. The molecule has 1 aliphatic heterocycles. The lowest BCUT2D eigenvalue weighted by molar-refractivity contribution is 0.0662. The molecule has 4 rings (SSSR count). The van der Waals surface area contributed by atoms with Crippen molar-refractivity contribution in [1.29, 1.82) is 0 Å². The van der Waals surface area contributed by atoms with Crippen molar-refractivity contribution in [1.82, 2.24) is 10.5 Å². The van der Waals surface area contributed by atoms with E-state index in [4.69, 9.17) is 9.26 Å². The molecule has 2 N–H and O–H groups in total. The third-order valence-electron chi connectivity index (χ3n) is 5.25. The van der Waals surface area contributed by atoms with Gasteiger partial charge in [0.1, 0.15) is 5.76 Å². The Morgan fingerprint density at radius 1 is 1.27 bits per heavy atom. The number of aromatic nitrogens is 1. The minimum atomic E-state index is -0.160. The summed E-state index contributed by atoms with van der Waals surface area (Å²) in [5, 5.41) is 10.3. The van der Waals surface area contributed by atoms with Crippen molar-refractivity contribution >= 4 is 11.7 Å². The Kier molecular flexibility index (Phi) is 5.04. The second-order valence-electron chi connectivity index (χ2n) is 7.32. The normalized spacial score (nSPS) is 23.0. The number of anilines is 1. The molecule has 1 saturated heterocycles. The van der Waals surface area contributed by atoms with Crippen LogP contribution in [0.15, 0.2) is 34.9 Å². The van der Waals surface area contributed by atoms with E-state index in [2.05, 4.69) is 21.9 Å². The van der Waals surface area contributed by atoms with Gasteiger partial charge in [0.15, 0.2) is 5.82 Å². The van der Waals surface area contributed by atoms with Gasteiger partial charge in [-0.2, -0.15) is 0 Å². The fourth-order valence-electron chi connectivity index (χ4n) is 3.58. The highest BCUT2D eigenvalue weighted by Gasteiger charge is 2.38. The Morgan fingerprint density at radius 2 is 2.12 bits per heavy atom. The van der Waals surface area contributed by atoms with Crippen LogP contribution in [0.4, 0.5) is 5.82 Å². The first-order valence-electron chi connectivity index (χ1n) is 9.35. The monoisotopic (exact) mass is 355 g/mol. The van der Waals surface area contributed by atoms with E-state index in [-0.39, 0.29) is 5.91 Å². The molecule has 138 valence electrons. The topological polar surface area (TPSA) is 76.4 Å². The quantitative estimate of drug-likeness (QED) is 0.833. The SMILES string of the molecule is Cc1cc(NC(=O)c2cccc([C@@H]3C[C@H]3NCC3CCOCC3)c2)no1. The molecule has 0 radical (unpaired) electrons. The summed E-state index contributed by atoms with van der Waals surface area (Å²) in [4.78, 5) is 12.4. The van der Waals surface area contributed by atoms with Crippen LogP contribution >= 0.6 is 0 Å². The fraction of sp³-hybridized carbons (Fsp3) is 0.500. The maximum Gasteiger partial charge on any atom is 0.256 e. The molecule has 1 aromatic heterocycles. The van der Waals surface area contributed by atoms with Gasteiger partial charge in [0.25, 0.3) is 5.91 Å². The molecule has 2 fully saturated rings. The molecule has 2 aromatic rings. The van der Waals surface area contributed by atoms with Crippen molar-refractivity contribution < 1.29 is 14.1 Å². The number of carbonyl (C=O) groups excluding carboxylic acids is 1. The van der Waals surface area contributed by atoms with E-state index < -0.39 is 0 Å². The maximum atomic E-state index is 12.4. The van der Waals surface area contributed by atoms with Crippen molar-refractivity contribution in [3.05, 3.63) is 47.2 Å². The number of aryl methyl sites for hydroxylation is 1. The number of rotatable bonds is 6. The highest BCUT2D eigenvalue weighted by molar-refractivity contribution is 6.03. The number of nitrogens with one attached hydrogen (secondary N) is 2. The Bertz CT molecular complexity index is 767. The lowest BCUT2D eigenvalue weighted by Gasteiger charge is -2.22. The van der Waals surface area contributed by atoms with E-state index in [1.807, 2.05) is 18.2 Å². The molecule has 0 unspecified atom stereocenters. The first-order chi connectivity index (χ1) is 12.7. The van der Waals surface area contributed by atoms with Gasteiger partial charge in [-0.3, -0.25) is 4.79 Å². The molecular weight excluding hydrogens is 330 g/mol. The van der Waals surface area contributed by atoms with Crippen molar-refractivity contribution in [2.45, 2.75) is 38.1 Å². The van der Waals surface area contributed by atoms with Crippen molar-refractivity contribution in [2.24, 2.45) is 5.92 Å². The van der Waals surface area contributed by atoms with E-state index in [1.54, 1.807) is 13.0 Å². The predicted molar refractivity (Wildman–Crippen MR) is 98.3 cm³/mol. The van der Waals surface area contributed by atoms with Crippen LogP contribution in [0.5, 0.6) is 0 Å². The maximum absolute atomic E-state index is 12.4. The molecule has 6 nitrogen and oxygen atoms in total. The third kappa shape index (κ3) is 4.14. The summed E-state index contributed by atoms with van der Waals surface area (Å²) < 4.78 is 10.4. The number of hydrogen-bond acceptors (Lipinski definition) is 5. The van der Waals surface area contributed by atoms with Gasteiger partial charge >= 0.3 is 0 Å². The summed E-state index contributed by atoms with van der Waals surface area (Å²) in [6.07, 6.45) is 3.44. The zero-order chi connectivity index (χ0) is 17.9. The molecule has 0 spiro atoms. The van der Waals surface area contributed by atoms with E-state index in [0.29, 0.717) is 29.1 Å². The Balaban J connectivity index is 1.32. The number of hydrogen-bond donors (Lipinski definition) is 2. The molecule has 2 atom stereocenters. The van der Waals surface area contributed by atoms with Crippen LogP contribution in [-0.2, 0) is 4.74 Å². The first-order valence-corrected chi connectivity index (χ1v) is 9.35. The average molecular weight is 355 g/mol. The molecule has 0 bridgehead atoms. The van der Waals surface area contributed by atoms with Gasteiger partial charge in [0, 0.05) is 36.8 Å². The summed E-state index contributed by atoms with van der Waals surface area (Å²) in [6.45, 7) is 4.64. The molecular formula is C20H25N3O3. The van der Waals surface area contributed by atoms with Gasteiger partial charge in [0.2, 0.25) is 0 Å². The van der Waals surface area contributed by atoms with Crippen LogP contribution in [0.2, 0.25) is 0 Å². The van der Waals surface area contributed by atoms with E-state index >= 15 is 0 Å². The van der Waals surface area contributed by atoms with Gasteiger partial charge in [0.05, 0.1) is 0 Å². The van der Waals surface area contributed by atoms with Crippen molar-refractivity contribution in [2.75, 3.05) is 25.1 Å². The van der Waals surface area contributed by atoms with E-state index in [0.717, 1.165) is 44.9 Å². The summed E-state index contributed by atoms with van der Waals surface area (Å²) >= 11 is 0. The highest BCUT2D eigenvalue weighted by atomic mass is 16.5. The van der Waals surface area contributed by atoms with E-state index in [9.17, 15) is 4.79 Å². The molecule has 6 heteroatoms. The van der Waals surface area contributed by atoms with Gasteiger partial charge in [-0.25, -0.2) is 0 Å². The van der Waals surface area contributed by atoms with Crippen LogP contribution in [0, 0.1) is 12.8 Å². The lowest BCUT2D eigenvalue weighted by atomic mass is 10.0. The average Bonchev–Trinajstić information content (AvgIpc) is 3.34. The standard InChI is InChI=1S/C20H25N3O3/c1-13-9-19(23-26-13)22-20(24)16-4-2-3-15(10-16)17-11-18(17)21-12-14-5-7-25-8-6-14/h2-4,9-10,14,17-18,21H,5-8,11-12H2,1H3,(H,22,23,24)/t17-,18+/m0/s1. The number of amides is 1. The Hall–Kier alpha value is -2.18. The van der Waals surface area contributed by atoms with Crippen LogP contribution in [0.1, 0.15) is 46.9 Å². The molecule has 2 aliphatic rings. The minimum Gasteiger partial charge on any atom is -0.381 e. The Morgan fingerprint density at radius 3 is 2.88 bits per heavy atom. The molecule has 2 heterocycles. The summed E-state index contributed by atoms with van der Waals surface area (Å²) in [5.41, 5.74) is 1.87. The first kappa shape index (κ1) is 17.2. The van der Waals surface area contributed by atoms with Crippen LogP contribution in [0.25, 0.3) is 0 Å². The second-order valence-corrected chi connectivity index (χ2v) is 7.32. The summed E-state index contributed by atoms with van der Waals surface area (Å²) in [6, 6.07) is 10.1. The van der Waals surface area contributed by atoms with Crippen LogP contribution in [-0.4, -0.2) is 36.9 Å². The number of nitrogens with zero attached hydrogens (tertiary/aromatic N) is 1. The number of ether oxygens (including phenoxy) is 1. The molecule has 1 saturated carbocycles. The molecule has 1 aliphatic carbocycles. The summed E-state index contributed by atoms with van der Waals surface area (Å²) in [5.74, 6) is 2.18. The predicted octanol–water partition coefficient (Wildman–Crippen LogP) is 3.11. The van der Waals surface area contributed by atoms with Crippen molar-refractivity contribution in [3.63, 3.8) is 0 Å². The largest absolute Gasteiger partial charge is 0.381 e. The zero-order valence-electron chi connectivity index (χ0n) is 15.0. The van der Waals surface area contributed by atoms with Gasteiger partial charge in [-0.05, 0) is 56.3 Å².